The summed E-state index contributed by atoms with van der Waals surface area (Å²) in [6.45, 7) is 6.48. The Morgan fingerprint density at radius 3 is 2.88 bits per heavy atom. The van der Waals surface area contributed by atoms with Crippen molar-refractivity contribution in [3.63, 3.8) is 0 Å². The van der Waals surface area contributed by atoms with E-state index in [1.54, 1.807) is 0 Å². The fourth-order valence-electron chi connectivity index (χ4n) is 2.34. The standard InChI is InChI=1S/C13H19ClN2/c1-9-4-3-7-16(8-9)12-6-5-11(15)10(2)13(12)14/h5-6,9H,3-4,7-8,15H2,1-2H3. The number of hydrogen-bond acceptors (Lipinski definition) is 2. The highest BCUT2D eigenvalue weighted by molar-refractivity contribution is 6.34. The molecule has 0 aliphatic carbocycles. The largest absolute Gasteiger partial charge is 0.398 e. The van der Waals surface area contributed by atoms with Crippen LogP contribution in [-0.2, 0) is 0 Å². The van der Waals surface area contributed by atoms with Crippen LogP contribution >= 0.6 is 11.6 Å². The molecular formula is C13H19ClN2. The molecule has 1 aliphatic rings. The molecule has 88 valence electrons. The van der Waals surface area contributed by atoms with Crippen LogP contribution in [0.4, 0.5) is 11.4 Å². The molecule has 3 heteroatoms. The molecule has 1 aliphatic heterocycles. The van der Waals surface area contributed by atoms with E-state index in [-0.39, 0.29) is 0 Å². The van der Waals surface area contributed by atoms with Gasteiger partial charge in [0.1, 0.15) is 0 Å². The van der Waals surface area contributed by atoms with Crippen molar-refractivity contribution in [1.82, 2.24) is 0 Å². The van der Waals surface area contributed by atoms with Crippen LogP contribution in [-0.4, -0.2) is 13.1 Å². The summed E-state index contributed by atoms with van der Waals surface area (Å²) in [4.78, 5) is 2.38. The molecule has 2 N–H and O–H groups in total. The third-order valence-electron chi connectivity index (χ3n) is 3.41. The smallest absolute Gasteiger partial charge is 0.0689 e. The Bertz CT molecular complexity index is 390. The summed E-state index contributed by atoms with van der Waals surface area (Å²) in [7, 11) is 0. The number of nitrogens with two attached hydrogens (primary N) is 1. The summed E-state index contributed by atoms with van der Waals surface area (Å²) >= 11 is 6.36. The summed E-state index contributed by atoms with van der Waals surface area (Å²) < 4.78 is 0. The summed E-state index contributed by atoms with van der Waals surface area (Å²) in [5.74, 6) is 0.752. The maximum absolute atomic E-state index is 6.36. The lowest BCUT2D eigenvalue weighted by Gasteiger charge is -2.33. The molecule has 0 radical (unpaired) electrons. The monoisotopic (exact) mass is 238 g/mol. The van der Waals surface area contributed by atoms with Crippen LogP contribution in [0.5, 0.6) is 0 Å². The van der Waals surface area contributed by atoms with Crippen molar-refractivity contribution < 1.29 is 0 Å². The van der Waals surface area contributed by atoms with Crippen LogP contribution in [0.15, 0.2) is 12.1 Å². The number of nitrogen functional groups attached to an aromatic ring is 1. The van der Waals surface area contributed by atoms with Gasteiger partial charge < -0.3 is 10.6 Å². The minimum Gasteiger partial charge on any atom is -0.398 e. The van der Waals surface area contributed by atoms with Gasteiger partial charge in [-0.3, -0.25) is 0 Å². The van der Waals surface area contributed by atoms with Gasteiger partial charge in [0.25, 0.3) is 0 Å². The van der Waals surface area contributed by atoms with E-state index >= 15 is 0 Å². The van der Waals surface area contributed by atoms with Crippen LogP contribution in [0.1, 0.15) is 25.3 Å². The molecule has 0 amide bonds. The van der Waals surface area contributed by atoms with Gasteiger partial charge in [-0.15, -0.1) is 0 Å². The second kappa shape index (κ2) is 4.54. The van der Waals surface area contributed by atoms with Crippen molar-refractivity contribution in [3.05, 3.63) is 22.7 Å². The second-order valence-electron chi connectivity index (χ2n) is 4.81. The number of benzene rings is 1. The zero-order valence-corrected chi connectivity index (χ0v) is 10.7. The van der Waals surface area contributed by atoms with Gasteiger partial charge in [-0.25, -0.2) is 0 Å². The van der Waals surface area contributed by atoms with E-state index in [2.05, 4.69) is 11.8 Å². The number of nitrogens with zero attached hydrogens (tertiary/aromatic N) is 1. The van der Waals surface area contributed by atoms with Crippen LogP contribution < -0.4 is 10.6 Å². The van der Waals surface area contributed by atoms with Crippen molar-refractivity contribution in [2.24, 2.45) is 5.92 Å². The molecule has 1 aromatic carbocycles. The molecule has 1 saturated heterocycles. The van der Waals surface area contributed by atoms with Crippen molar-refractivity contribution in [2.75, 3.05) is 23.7 Å². The maximum Gasteiger partial charge on any atom is 0.0689 e. The minimum atomic E-state index is 0.752. The molecule has 1 atom stereocenters. The molecule has 1 fully saturated rings. The Kier molecular flexibility index (Phi) is 3.29. The highest BCUT2D eigenvalue weighted by atomic mass is 35.5. The fraction of sp³-hybridized carbons (Fsp3) is 0.538. The Morgan fingerprint density at radius 1 is 1.44 bits per heavy atom. The van der Waals surface area contributed by atoms with E-state index in [0.717, 1.165) is 41.0 Å². The van der Waals surface area contributed by atoms with E-state index in [0.29, 0.717) is 0 Å². The zero-order valence-electron chi connectivity index (χ0n) is 9.96. The highest BCUT2D eigenvalue weighted by Crippen LogP contribution is 2.34. The lowest BCUT2D eigenvalue weighted by Crippen LogP contribution is -2.34. The predicted octanol–water partition coefficient (Wildman–Crippen LogP) is 3.47. The van der Waals surface area contributed by atoms with Crippen LogP contribution in [0.3, 0.4) is 0 Å². The second-order valence-corrected chi connectivity index (χ2v) is 5.18. The number of halogens is 1. The van der Waals surface area contributed by atoms with Gasteiger partial charge in [-0.1, -0.05) is 18.5 Å². The molecule has 1 unspecified atom stereocenters. The minimum absolute atomic E-state index is 0.752. The Hall–Kier alpha value is -0.890. The van der Waals surface area contributed by atoms with Crippen molar-refractivity contribution in [1.29, 1.82) is 0 Å². The molecular weight excluding hydrogens is 220 g/mol. The first-order chi connectivity index (χ1) is 7.59. The van der Waals surface area contributed by atoms with Gasteiger partial charge in [0.15, 0.2) is 0 Å². The molecule has 0 saturated carbocycles. The summed E-state index contributed by atoms with van der Waals surface area (Å²) in [6.07, 6.45) is 2.57. The van der Waals surface area contributed by atoms with Crippen molar-refractivity contribution >= 4 is 23.0 Å². The van der Waals surface area contributed by atoms with Gasteiger partial charge in [-0.2, -0.15) is 0 Å². The van der Waals surface area contributed by atoms with Gasteiger partial charge in [0, 0.05) is 18.8 Å². The van der Waals surface area contributed by atoms with Crippen LogP contribution in [0.25, 0.3) is 0 Å². The molecule has 1 heterocycles. The molecule has 2 rings (SSSR count). The average Bonchev–Trinajstić information content (AvgIpc) is 2.26. The predicted molar refractivity (Wildman–Crippen MR) is 71.2 cm³/mol. The Morgan fingerprint density at radius 2 is 2.19 bits per heavy atom. The molecule has 2 nitrogen and oxygen atoms in total. The number of anilines is 2. The number of piperidine rings is 1. The van der Waals surface area contributed by atoms with E-state index in [4.69, 9.17) is 17.3 Å². The first-order valence-corrected chi connectivity index (χ1v) is 6.27. The third kappa shape index (κ3) is 2.12. The topological polar surface area (TPSA) is 29.3 Å². The van der Waals surface area contributed by atoms with E-state index in [9.17, 15) is 0 Å². The molecule has 0 aromatic heterocycles. The van der Waals surface area contributed by atoms with Crippen LogP contribution in [0, 0.1) is 12.8 Å². The summed E-state index contributed by atoms with van der Waals surface area (Å²) in [5.41, 5.74) is 8.76. The van der Waals surface area contributed by atoms with E-state index in [1.165, 1.54) is 12.8 Å². The summed E-state index contributed by atoms with van der Waals surface area (Å²) in [6, 6.07) is 4.00. The van der Waals surface area contributed by atoms with Gasteiger partial charge in [0.2, 0.25) is 0 Å². The molecule has 1 aromatic rings. The van der Waals surface area contributed by atoms with Crippen molar-refractivity contribution in [2.45, 2.75) is 26.7 Å². The lowest BCUT2D eigenvalue weighted by atomic mass is 9.99. The SMILES string of the molecule is Cc1c(N)ccc(N2CCCC(C)C2)c1Cl. The first kappa shape index (κ1) is 11.6. The quantitative estimate of drug-likeness (QED) is 0.760. The Balaban J connectivity index is 2.29. The van der Waals surface area contributed by atoms with Gasteiger partial charge in [-0.05, 0) is 43.4 Å². The lowest BCUT2D eigenvalue weighted by molar-refractivity contribution is 0.447. The van der Waals surface area contributed by atoms with E-state index in [1.807, 2.05) is 19.1 Å². The molecule has 0 spiro atoms. The number of rotatable bonds is 1. The number of hydrogen-bond donors (Lipinski definition) is 1. The van der Waals surface area contributed by atoms with Crippen LogP contribution in [0.2, 0.25) is 5.02 Å². The summed E-state index contributed by atoms with van der Waals surface area (Å²) in [5, 5.41) is 0.814. The molecule has 16 heavy (non-hydrogen) atoms. The van der Waals surface area contributed by atoms with Gasteiger partial charge >= 0.3 is 0 Å². The zero-order chi connectivity index (χ0) is 11.7. The maximum atomic E-state index is 6.36. The normalized spacial score (nSPS) is 21.2. The third-order valence-corrected chi connectivity index (χ3v) is 3.88. The Labute approximate surface area is 102 Å². The molecule has 0 bridgehead atoms. The fourth-order valence-corrected chi connectivity index (χ4v) is 2.63. The highest BCUT2D eigenvalue weighted by Gasteiger charge is 2.19. The first-order valence-electron chi connectivity index (χ1n) is 5.89. The van der Waals surface area contributed by atoms with E-state index < -0.39 is 0 Å². The van der Waals surface area contributed by atoms with Gasteiger partial charge in [0.05, 0.1) is 10.7 Å². The van der Waals surface area contributed by atoms with Crippen molar-refractivity contribution in [3.8, 4) is 0 Å². The average molecular weight is 239 g/mol.